The molecule has 0 heterocycles. The molecule has 0 aliphatic heterocycles. The van der Waals surface area contributed by atoms with Crippen LogP contribution in [0.15, 0.2) is 140 Å². The predicted octanol–water partition coefficient (Wildman–Crippen LogP) is 15.0. The van der Waals surface area contributed by atoms with Crippen molar-refractivity contribution in [2.75, 3.05) is 9.80 Å². The Hall–Kier alpha value is -6.02. The van der Waals surface area contributed by atoms with Crippen LogP contribution >= 0.6 is 12.6 Å². The van der Waals surface area contributed by atoms with Crippen molar-refractivity contribution in [3.8, 4) is 28.3 Å². The van der Waals surface area contributed by atoms with Gasteiger partial charge >= 0.3 is 0 Å². The van der Waals surface area contributed by atoms with Crippen LogP contribution < -0.4 is 9.80 Å². The van der Waals surface area contributed by atoms with E-state index in [-0.39, 0.29) is 16.1 Å². The number of hydrogen-bond donors (Lipinski definition) is 1. The van der Waals surface area contributed by atoms with E-state index >= 15 is 0 Å². The predicted molar refractivity (Wildman–Crippen MR) is 247 cm³/mol. The van der Waals surface area contributed by atoms with Crippen molar-refractivity contribution in [2.45, 2.75) is 71.5 Å². The van der Waals surface area contributed by atoms with E-state index in [1.807, 2.05) is 12.1 Å². The largest absolute Gasteiger partial charge is 0.310 e. The summed E-state index contributed by atoms with van der Waals surface area (Å²) in [5.41, 5.74) is 22.6. The van der Waals surface area contributed by atoms with Crippen LogP contribution in [-0.2, 0) is 10.8 Å². The van der Waals surface area contributed by atoms with Gasteiger partial charge in [-0.25, -0.2) is 0 Å². The Morgan fingerprint density at radius 2 is 0.983 bits per heavy atom. The topological polar surface area (TPSA) is 30.3 Å². The van der Waals surface area contributed by atoms with Gasteiger partial charge in [-0.15, -0.1) is 0 Å². The molecule has 0 saturated carbocycles. The first-order valence-electron chi connectivity index (χ1n) is 20.3. The molecule has 1 atom stereocenters. The van der Waals surface area contributed by atoms with Crippen LogP contribution in [0, 0.1) is 32.1 Å². The number of nitriles is 1. The Morgan fingerprint density at radius 3 is 1.57 bits per heavy atom. The molecule has 58 heavy (non-hydrogen) atoms. The lowest BCUT2D eigenvalue weighted by Crippen LogP contribution is -2.18. The van der Waals surface area contributed by atoms with Crippen molar-refractivity contribution >= 4 is 46.8 Å². The number of anilines is 6. The van der Waals surface area contributed by atoms with Gasteiger partial charge in [-0.3, -0.25) is 0 Å². The van der Waals surface area contributed by atoms with Crippen molar-refractivity contribution in [3.05, 3.63) is 190 Å². The zero-order valence-corrected chi connectivity index (χ0v) is 35.5. The molecular weight excluding hydrogens is 723 g/mol. The van der Waals surface area contributed by atoms with Crippen LogP contribution in [0.1, 0.15) is 89.9 Å². The quantitative estimate of drug-likeness (QED) is 0.164. The summed E-state index contributed by atoms with van der Waals surface area (Å²) in [4.78, 5) is 4.75. The van der Waals surface area contributed by atoms with Gasteiger partial charge in [-0.05, 0) is 179 Å². The fourth-order valence-electron chi connectivity index (χ4n) is 9.59. The number of fused-ring (bicyclic) bond motifs is 6. The van der Waals surface area contributed by atoms with E-state index in [2.05, 4.69) is 199 Å². The third-order valence-electron chi connectivity index (χ3n) is 12.9. The molecule has 0 spiro atoms. The molecule has 2 aliphatic rings. The average molecular weight is 772 g/mol. The van der Waals surface area contributed by atoms with Gasteiger partial charge in [0.2, 0.25) is 0 Å². The Balaban J connectivity index is 1.16. The number of rotatable bonds is 7. The molecule has 7 aromatic carbocycles. The lowest BCUT2D eigenvalue weighted by molar-refractivity contribution is 0.652. The highest BCUT2D eigenvalue weighted by atomic mass is 32.1. The fourth-order valence-corrected chi connectivity index (χ4v) is 9.77. The van der Waals surface area contributed by atoms with Crippen LogP contribution in [0.25, 0.3) is 22.3 Å². The number of thiol groups is 1. The van der Waals surface area contributed by atoms with E-state index in [1.54, 1.807) is 0 Å². The lowest BCUT2D eigenvalue weighted by Gasteiger charge is -2.30. The summed E-state index contributed by atoms with van der Waals surface area (Å²) in [5.74, 6) is 0. The normalized spacial score (nSPS) is 14.5. The summed E-state index contributed by atoms with van der Waals surface area (Å²) in [6.45, 7) is 18.3. The number of aryl methyl sites for hydroxylation is 3. The monoisotopic (exact) mass is 771 g/mol. The van der Waals surface area contributed by atoms with Gasteiger partial charge < -0.3 is 9.80 Å². The molecule has 0 N–H and O–H groups in total. The SMILES string of the molecule is Cc1ccccc1N(c1ccc(C#N)cc1)c1ccc2c(c1)C(C)(C)c1cc3c(cc1-2)C(C)(C)c1cc(N(c2ccc(C(C)S)cc2)c2ccccc2C)cc(C)c1-3. The Bertz CT molecular complexity index is 2800. The number of nitrogens with zero attached hydrogens (tertiary/aromatic N) is 3. The minimum absolute atomic E-state index is 0.172. The lowest BCUT2D eigenvalue weighted by atomic mass is 9.79. The first kappa shape index (κ1) is 37.6. The van der Waals surface area contributed by atoms with Crippen LogP contribution in [0.3, 0.4) is 0 Å². The Morgan fingerprint density at radius 1 is 0.500 bits per heavy atom. The van der Waals surface area contributed by atoms with Crippen molar-refractivity contribution in [2.24, 2.45) is 0 Å². The molecule has 9 rings (SSSR count). The second kappa shape index (κ2) is 13.8. The molecule has 0 bridgehead atoms. The molecule has 0 radical (unpaired) electrons. The molecule has 7 aromatic rings. The van der Waals surface area contributed by atoms with Crippen molar-refractivity contribution in [3.63, 3.8) is 0 Å². The summed E-state index contributed by atoms with van der Waals surface area (Å²) in [6.07, 6.45) is 0. The van der Waals surface area contributed by atoms with Crippen LogP contribution in [0.4, 0.5) is 34.1 Å². The zero-order valence-electron chi connectivity index (χ0n) is 34.6. The highest BCUT2D eigenvalue weighted by Crippen LogP contribution is 2.58. The second-order valence-corrected chi connectivity index (χ2v) is 18.1. The van der Waals surface area contributed by atoms with Crippen LogP contribution in [-0.4, -0.2) is 0 Å². The number of para-hydroxylation sites is 2. The maximum atomic E-state index is 9.54. The molecular formula is C54H49N3S. The minimum atomic E-state index is -0.225. The molecule has 286 valence electrons. The molecule has 2 aliphatic carbocycles. The second-order valence-electron chi connectivity index (χ2n) is 17.3. The molecule has 0 saturated heterocycles. The van der Waals surface area contributed by atoms with Gasteiger partial charge in [0.05, 0.1) is 11.6 Å². The van der Waals surface area contributed by atoms with Gasteiger partial charge in [-0.2, -0.15) is 17.9 Å². The first-order chi connectivity index (χ1) is 27.8. The zero-order chi connectivity index (χ0) is 40.7. The van der Waals surface area contributed by atoms with Gasteiger partial charge in [0.1, 0.15) is 0 Å². The van der Waals surface area contributed by atoms with Crippen LogP contribution in [0.5, 0.6) is 0 Å². The maximum Gasteiger partial charge on any atom is 0.0991 e. The van der Waals surface area contributed by atoms with E-state index in [1.165, 1.54) is 78.1 Å². The highest BCUT2D eigenvalue weighted by Gasteiger charge is 2.43. The summed E-state index contributed by atoms with van der Waals surface area (Å²) in [5, 5.41) is 9.71. The summed E-state index contributed by atoms with van der Waals surface area (Å²) >= 11 is 4.71. The van der Waals surface area contributed by atoms with E-state index < -0.39 is 0 Å². The highest BCUT2D eigenvalue weighted by molar-refractivity contribution is 7.80. The van der Waals surface area contributed by atoms with Crippen molar-refractivity contribution in [1.82, 2.24) is 0 Å². The van der Waals surface area contributed by atoms with E-state index in [4.69, 9.17) is 12.6 Å². The van der Waals surface area contributed by atoms with Gasteiger partial charge in [0.15, 0.2) is 0 Å². The molecule has 0 fully saturated rings. The van der Waals surface area contributed by atoms with Gasteiger partial charge in [0, 0.05) is 50.2 Å². The van der Waals surface area contributed by atoms with E-state index in [0.717, 1.165) is 22.7 Å². The van der Waals surface area contributed by atoms with Crippen molar-refractivity contribution < 1.29 is 0 Å². The average Bonchev–Trinajstić information content (AvgIpc) is 3.58. The van der Waals surface area contributed by atoms with Gasteiger partial charge in [-0.1, -0.05) is 82.3 Å². The smallest absolute Gasteiger partial charge is 0.0991 e. The van der Waals surface area contributed by atoms with Crippen molar-refractivity contribution in [1.29, 1.82) is 5.26 Å². The third-order valence-corrected chi connectivity index (χ3v) is 13.1. The minimum Gasteiger partial charge on any atom is -0.310 e. The molecule has 3 nitrogen and oxygen atoms in total. The van der Waals surface area contributed by atoms with E-state index in [0.29, 0.717) is 5.56 Å². The summed E-state index contributed by atoms with van der Waals surface area (Å²) in [7, 11) is 0. The number of benzene rings is 7. The standard InChI is InChI=1S/C54H49N3S/c1-33-13-9-11-15-50(33)56(39-21-17-37(32-55)18-22-39)41-25-26-43-44-30-48-45(31-47(44)53(5,6)46(43)28-41)52-35(3)27-42(29-49(52)54(48,7)8)57(51-16-12-10-14-34(51)2)40-23-19-38(20-24-40)36(4)58/h9-31,36,58H,1-8H3. The molecule has 4 heteroatoms. The van der Waals surface area contributed by atoms with E-state index in [9.17, 15) is 5.26 Å². The molecule has 0 aromatic heterocycles. The third kappa shape index (κ3) is 5.87. The van der Waals surface area contributed by atoms with Gasteiger partial charge in [0.25, 0.3) is 0 Å². The Labute approximate surface area is 349 Å². The summed E-state index contributed by atoms with van der Waals surface area (Å²) in [6, 6.07) is 53.1. The summed E-state index contributed by atoms with van der Waals surface area (Å²) < 4.78 is 0. The first-order valence-corrected chi connectivity index (χ1v) is 20.8. The Kier molecular flexibility index (Phi) is 8.95. The van der Waals surface area contributed by atoms with Crippen LogP contribution in [0.2, 0.25) is 0 Å². The fraction of sp³-hybridized carbons (Fsp3) is 0.204. The molecule has 1 unspecified atom stereocenters. The number of hydrogen-bond acceptors (Lipinski definition) is 4. The molecule has 0 amide bonds. The maximum absolute atomic E-state index is 9.54.